The number of rotatable bonds is 7. The van der Waals surface area contributed by atoms with E-state index in [1.54, 1.807) is 0 Å². The second-order valence-corrected chi connectivity index (χ2v) is 8.01. The third-order valence-corrected chi connectivity index (χ3v) is 4.38. The van der Waals surface area contributed by atoms with Gasteiger partial charge in [-0.25, -0.2) is 0 Å². The predicted octanol–water partition coefficient (Wildman–Crippen LogP) is 3.83. The average Bonchev–Trinajstić information content (AvgIpc) is 3.05. The molecule has 0 spiro atoms. The van der Waals surface area contributed by atoms with Gasteiger partial charge >= 0.3 is 0 Å². The zero-order valence-corrected chi connectivity index (χ0v) is 17.9. The van der Waals surface area contributed by atoms with Crippen LogP contribution in [-0.2, 0) is 12.0 Å². The summed E-state index contributed by atoms with van der Waals surface area (Å²) in [6, 6.07) is 12.1. The third kappa shape index (κ3) is 6.08. The summed E-state index contributed by atoms with van der Waals surface area (Å²) in [7, 11) is 0. The van der Waals surface area contributed by atoms with Crippen molar-refractivity contribution in [3.05, 3.63) is 53.3 Å². The number of amides is 1. The molecule has 27 heavy (non-hydrogen) atoms. The largest absolute Gasteiger partial charge is 0.336 e. The average molecular weight is 393 g/mol. The van der Waals surface area contributed by atoms with E-state index < -0.39 is 0 Å². The lowest BCUT2D eigenvalue weighted by atomic mass is 10.1. The Morgan fingerprint density at radius 1 is 1.19 bits per heavy atom. The highest BCUT2D eigenvalue weighted by Gasteiger charge is 2.25. The smallest absolute Gasteiger partial charge is 0.274 e. The summed E-state index contributed by atoms with van der Waals surface area (Å²) in [5.41, 5.74) is 8.38. The lowest BCUT2D eigenvalue weighted by molar-refractivity contribution is 0.0754. The van der Waals surface area contributed by atoms with Crippen LogP contribution in [0.2, 0.25) is 0 Å². The number of hydrogen-bond acceptors (Lipinski definition) is 3. The quantitative estimate of drug-likeness (QED) is 0.778. The van der Waals surface area contributed by atoms with Gasteiger partial charge in [0.2, 0.25) is 0 Å². The molecule has 0 atom stereocenters. The first-order valence-electron chi connectivity index (χ1n) is 9.37. The summed E-state index contributed by atoms with van der Waals surface area (Å²) in [6.07, 6.45) is 0.809. The molecule has 2 aromatic rings. The molecule has 6 heteroatoms. The van der Waals surface area contributed by atoms with E-state index in [4.69, 9.17) is 5.73 Å². The van der Waals surface area contributed by atoms with Crippen molar-refractivity contribution in [1.82, 2.24) is 14.7 Å². The van der Waals surface area contributed by atoms with Crippen LogP contribution >= 0.6 is 12.4 Å². The minimum atomic E-state index is -0.166. The fourth-order valence-electron chi connectivity index (χ4n) is 2.99. The van der Waals surface area contributed by atoms with Crippen LogP contribution in [-0.4, -0.2) is 40.2 Å². The maximum Gasteiger partial charge on any atom is 0.274 e. The van der Waals surface area contributed by atoms with Crippen molar-refractivity contribution in [2.75, 3.05) is 19.6 Å². The van der Waals surface area contributed by atoms with E-state index in [-0.39, 0.29) is 23.9 Å². The molecule has 0 bridgehead atoms. The summed E-state index contributed by atoms with van der Waals surface area (Å²) >= 11 is 0. The van der Waals surface area contributed by atoms with Crippen molar-refractivity contribution in [3.63, 3.8) is 0 Å². The number of aromatic nitrogens is 2. The molecule has 5 nitrogen and oxygen atoms in total. The second kappa shape index (κ2) is 9.90. The standard InChI is InChI=1S/C21H32N4O.ClH/c1-16(2)19-15-18(23-25(19)21(3,4)5)20(26)24(14-12-22)13-11-17-9-7-6-8-10-17;/h6-10,15-16H,11-14,22H2,1-5H3;1H. The Labute approximate surface area is 169 Å². The predicted molar refractivity (Wildman–Crippen MR) is 114 cm³/mol. The van der Waals surface area contributed by atoms with Gasteiger partial charge in [0.1, 0.15) is 0 Å². The zero-order valence-electron chi connectivity index (χ0n) is 17.1. The molecule has 0 saturated carbocycles. The van der Waals surface area contributed by atoms with Crippen molar-refractivity contribution in [2.24, 2.45) is 5.73 Å². The fourth-order valence-corrected chi connectivity index (χ4v) is 2.99. The van der Waals surface area contributed by atoms with Gasteiger partial charge < -0.3 is 10.6 Å². The van der Waals surface area contributed by atoms with E-state index in [0.29, 0.717) is 31.2 Å². The molecule has 0 fully saturated rings. The molecule has 0 aliphatic heterocycles. The van der Waals surface area contributed by atoms with Crippen LogP contribution in [0.25, 0.3) is 0 Å². The molecular weight excluding hydrogens is 360 g/mol. The first-order chi connectivity index (χ1) is 12.2. The summed E-state index contributed by atoms with van der Waals surface area (Å²) in [6.45, 7) is 12.2. The Morgan fingerprint density at radius 2 is 1.81 bits per heavy atom. The monoisotopic (exact) mass is 392 g/mol. The highest BCUT2D eigenvalue weighted by atomic mass is 35.5. The molecular formula is C21H33ClN4O. The summed E-state index contributed by atoms with van der Waals surface area (Å²) < 4.78 is 1.97. The first kappa shape index (κ1) is 23.2. The molecule has 2 rings (SSSR count). The van der Waals surface area contributed by atoms with Gasteiger partial charge in [-0.1, -0.05) is 44.2 Å². The van der Waals surface area contributed by atoms with Crippen molar-refractivity contribution in [2.45, 2.75) is 52.5 Å². The fraction of sp³-hybridized carbons (Fsp3) is 0.524. The minimum Gasteiger partial charge on any atom is -0.336 e. The number of nitrogens with two attached hydrogens (primary N) is 1. The molecule has 1 aromatic heterocycles. The Bertz CT molecular complexity index is 720. The van der Waals surface area contributed by atoms with Crippen LogP contribution in [0.15, 0.2) is 36.4 Å². The minimum absolute atomic E-state index is 0. The highest BCUT2D eigenvalue weighted by Crippen LogP contribution is 2.24. The van der Waals surface area contributed by atoms with E-state index >= 15 is 0 Å². The number of benzene rings is 1. The first-order valence-corrected chi connectivity index (χ1v) is 9.37. The number of nitrogens with zero attached hydrogens (tertiary/aromatic N) is 3. The molecule has 0 saturated heterocycles. The molecule has 1 amide bonds. The van der Waals surface area contributed by atoms with Gasteiger partial charge in [-0.15, -0.1) is 12.4 Å². The van der Waals surface area contributed by atoms with Gasteiger partial charge in [0, 0.05) is 25.3 Å². The Morgan fingerprint density at radius 3 is 2.30 bits per heavy atom. The van der Waals surface area contributed by atoms with Crippen LogP contribution in [0.3, 0.4) is 0 Å². The molecule has 1 aromatic carbocycles. The second-order valence-electron chi connectivity index (χ2n) is 8.01. The molecule has 150 valence electrons. The van der Waals surface area contributed by atoms with E-state index in [2.05, 4.69) is 51.9 Å². The Hall–Kier alpha value is -1.85. The zero-order chi connectivity index (χ0) is 19.3. The molecule has 1 heterocycles. The van der Waals surface area contributed by atoms with Crippen molar-refractivity contribution in [1.29, 1.82) is 0 Å². The van der Waals surface area contributed by atoms with Gasteiger partial charge in [0.05, 0.1) is 5.54 Å². The van der Waals surface area contributed by atoms with Crippen molar-refractivity contribution >= 4 is 18.3 Å². The summed E-state index contributed by atoms with van der Waals surface area (Å²) in [5, 5.41) is 4.65. The van der Waals surface area contributed by atoms with Crippen LogP contribution in [0.1, 0.15) is 62.3 Å². The van der Waals surface area contributed by atoms with Gasteiger partial charge in [-0.2, -0.15) is 5.10 Å². The van der Waals surface area contributed by atoms with Crippen LogP contribution in [0.4, 0.5) is 0 Å². The third-order valence-electron chi connectivity index (χ3n) is 4.38. The van der Waals surface area contributed by atoms with E-state index in [9.17, 15) is 4.79 Å². The topological polar surface area (TPSA) is 64.2 Å². The molecule has 0 unspecified atom stereocenters. The van der Waals surface area contributed by atoms with Crippen LogP contribution in [0, 0.1) is 0 Å². The normalized spacial score (nSPS) is 11.4. The number of halogens is 1. The molecule has 0 aliphatic carbocycles. The van der Waals surface area contributed by atoms with E-state index in [1.165, 1.54) is 5.56 Å². The van der Waals surface area contributed by atoms with Crippen LogP contribution in [0.5, 0.6) is 0 Å². The van der Waals surface area contributed by atoms with Gasteiger partial charge in [0.25, 0.3) is 5.91 Å². The van der Waals surface area contributed by atoms with E-state index in [1.807, 2.05) is 33.8 Å². The maximum atomic E-state index is 13.1. The maximum absolute atomic E-state index is 13.1. The van der Waals surface area contributed by atoms with Crippen molar-refractivity contribution < 1.29 is 4.79 Å². The highest BCUT2D eigenvalue weighted by molar-refractivity contribution is 5.92. The molecule has 2 N–H and O–H groups in total. The SMILES string of the molecule is CC(C)c1cc(C(=O)N(CCN)CCc2ccccc2)nn1C(C)(C)C.Cl. The van der Waals surface area contributed by atoms with E-state index in [0.717, 1.165) is 12.1 Å². The summed E-state index contributed by atoms with van der Waals surface area (Å²) in [5.74, 6) is 0.256. The van der Waals surface area contributed by atoms with Gasteiger partial charge in [0.15, 0.2) is 5.69 Å². The number of hydrogen-bond donors (Lipinski definition) is 1. The number of carbonyl (C=O) groups is 1. The lowest BCUT2D eigenvalue weighted by Gasteiger charge is -2.24. The molecule has 0 radical (unpaired) electrons. The number of carbonyl (C=O) groups excluding carboxylic acids is 1. The van der Waals surface area contributed by atoms with Gasteiger partial charge in [-0.3, -0.25) is 9.48 Å². The molecule has 0 aliphatic rings. The summed E-state index contributed by atoms with van der Waals surface area (Å²) in [4.78, 5) is 14.9. The Kier molecular flexibility index (Phi) is 8.51. The van der Waals surface area contributed by atoms with Crippen LogP contribution < -0.4 is 5.73 Å². The van der Waals surface area contributed by atoms with Crippen molar-refractivity contribution in [3.8, 4) is 0 Å². The van der Waals surface area contributed by atoms with Gasteiger partial charge in [-0.05, 0) is 44.7 Å². The Balaban J connectivity index is 0.00000364. The lowest BCUT2D eigenvalue weighted by Crippen LogP contribution is -2.37.